The molecule has 0 aliphatic carbocycles. The molecule has 0 radical (unpaired) electrons. The summed E-state index contributed by atoms with van der Waals surface area (Å²) in [6, 6.07) is 0. The van der Waals surface area contributed by atoms with E-state index in [1.165, 1.54) is 4.88 Å². The van der Waals surface area contributed by atoms with Gasteiger partial charge < -0.3 is 4.74 Å². The number of hydrogen-bond acceptors (Lipinski definition) is 3. The Morgan fingerprint density at radius 2 is 2.18 bits per heavy atom. The van der Waals surface area contributed by atoms with Crippen LogP contribution in [0.15, 0.2) is 6.20 Å². The average Bonchev–Trinajstić information content (AvgIpc) is 2.36. The second-order valence-electron chi connectivity index (χ2n) is 2.96. The zero-order valence-electron chi connectivity index (χ0n) is 7.34. The Morgan fingerprint density at radius 3 is 2.55 bits per heavy atom. The molecule has 0 aliphatic heterocycles. The summed E-state index contributed by atoms with van der Waals surface area (Å²) in [5.74, 6) is 0. The van der Waals surface area contributed by atoms with Crippen LogP contribution in [0.1, 0.15) is 23.7 Å². The summed E-state index contributed by atoms with van der Waals surface area (Å²) in [6.45, 7) is 6.08. The maximum atomic E-state index is 5.31. The van der Waals surface area contributed by atoms with Crippen LogP contribution in [-0.2, 0) is 10.3 Å². The van der Waals surface area contributed by atoms with Gasteiger partial charge in [0.25, 0.3) is 0 Å². The van der Waals surface area contributed by atoms with Crippen LogP contribution in [0, 0.1) is 6.92 Å². The van der Waals surface area contributed by atoms with Gasteiger partial charge in [-0.1, -0.05) is 0 Å². The van der Waals surface area contributed by atoms with E-state index < -0.39 is 0 Å². The molecule has 1 rings (SSSR count). The Morgan fingerprint density at radius 1 is 1.55 bits per heavy atom. The van der Waals surface area contributed by atoms with Gasteiger partial charge in [-0.2, -0.15) is 0 Å². The van der Waals surface area contributed by atoms with Gasteiger partial charge in [-0.3, -0.25) is 0 Å². The molecule has 1 aromatic heterocycles. The SMILES string of the molecule is COC(C)(C)c1cnc(C)s1. The Kier molecular flexibility index (Phi) is 2.30. The van der Waals surface area contributed by atoms with Gasteiger partial charge in [-0.05, 0) is 20.8 Å². The van der Waals surface area contributed by atoms with Crippen LogP contribution < -0.4 is 0 Å². The molecular weight excluding hydrogens is 158 g/mol. The highest BCUT2D eigenvalue weighted by molar-refractivity contribution is 7.11. The molecule has 1 heterocycles. The van der Waals surface area contributed by atoms with Crippen LogP contribution in [0.4, 0.5) is 0 Å². The third-order valence-corrected chi connectivity index (χ3v) is 2.94. The van der Waals surface area contributed by atoms with Crippen LogP contribution in [0.3, 0.4) is 0 Å². The quantitative estimate of drug-likeness (QED) is 0.681. The number of methoxy groups -OCH3 is 1. The minimum Gasteiger partial charge on any atom is -0.373 e. The van der Waals surface area contributed by atoms with Crippen molar-refractivity contribution in [1.82, 2.24) is 4.98 Å². The van der Waals surface area contributed by atoms with E-state index in [4.69, 9.17) is 4.74 Å². The van der Waals surface area contributed by atoms with E-state index in [1.54, 1.807) is 18.4 Å². The van der Waals surface area contributed by atoms with E-state index in [-0.39, 0.29) is 5.60 Å². The van der Waals surface area contributed by atoms with Gasteiger partial charge in [-0.15, -0.1) is 11.3 Å². The molecule has 0 bridgehead atoms. The molecule has 62 valence electrons. The van der Waals surface area contributed by atoms with Crippen molar-refractivity contribution in [2.45, 2.75) is 26.4 Å². The highest BCUT2D eigenvalue weighted by Gasteiger charge is 2.21. The third kappa shape index (κ3) is 1.79. The fourth-order valence-electron chi connectivity index (χ4n) is 0.740. The maximum absolute atomic E-state index is 5.31. The highest BCUT2D eigenvalue weighted by atomic mass is 32.1. The van der Waals surface area contributed by atoms with Crippen molar-refractivity contribution in [2.24, 2.45) is 0 Å². The molecule has 11 heavy (non-hydrogen) atoms. The fraction of sp³-hybridized carbons (Fsp3) is 0.625. The number of rotatable bonds is 2. The summed E-state index contributed by atoms with van der Waals surface area (Å²) in [4.78, 5) is 5.35. The number of aryl methyl sites for hydroxylation is 1. The van der Waals surface area contributed by atoms with Crippen LogP contribution in [0.5, 0.6) is 0 Å². The Balaban J connectivity index is 2.92. The predicted molar refractivity (Wildman–Crippen MR) is 46.9 cm³/mol. The smallest absolute Gasteiger partial charge is 0.0979 e. The summed E-state index contributed by atoms with van der Waals surface area (Å²) in [5.41, 5.74) is -0.189. The first kappa shape index (κ1) is 8.68. The second-order valence-corrected chi connectivity index (χ2v) is 4.19. The zero-order valence-corrected chi connectivity index (χ0v) is 8.16. The van der Waals surface area contributed by atoms with Crippen molar-refractivity contribution in [3.63, 3.8) is 0 Å². The highest BCUT2D eigenvalue weighted by Crippen LogP contribution is 2.28. The van der Waals surface area contributed by atoms with Gasteiger partial charge in [-0.25, -0.2) is 4.98 Å². The van der Waals surface area contributed by atoms with Crippen LogP contribution in [-0.4, -0.2) is 12.1 Å². The first-order valence-electron chi connectivity index (χ1n) is 3.54. The molecule has 0 saturated heterocycles. The van der Waals surface area contributed by atoms with Gasteiger partial charge in [0.05, 0.1) is 15.5 Å². The zero-order chi connectivity index (χ0) is 8.48. The molecule has 0 fully saturated rings. The molecule has 3 heteroatoms. The molecule has 2 nitrogen and oxygen atoms in total. The first-order chi connectivity index (χ1) is 5.06. The molecule has 0 saturated carbocycles. The molecule has 0 amide bonds. The molecule has 0 unspecified atom stereocenters. The van der Waals surface area contributed by atoms with Gasteiger partial charge in [0, 0.05) is 13.3 Å². The largest absolute Gasteiger partial charge is 0.373 e. The van der Waals surface area contributed by atoms with Gasteiger partial charge >= 0.3 is 0 Å². The number of aromatic nitrogens is 1. The van der Waals surface area contributed by atoms with Crippen molar-refractivity contribution in [3.8, 4) is 0 Å². The van der Waals surface area contributed by atoms with Crippen LogP contribution in [0.2, 0.25) is 0 Å². The molecular formula is C8H13NOS. The summed E-state index contributed by atoms with van der Waals surface area (Å²) in [6.07, 6.45) is 1.88. The lowest BCUT2D eigenvalue weighted by atomic mass is 10.1. The van der Waals surface area contributed by atoms with Crippen molar-refractivity contribution in [3.05, 3.63) is 16.1 Å². The van der Waals surface area contributed by atoms with Gasteiger partial charge in [0.1, 0.15) is 0 Å². The summed E-state index contributed by atoms with van der Waals surface area (Å²) in [5, 5.41) is 1.09. The lowest BCUT2D eigenvalue weighted by molar-refractivity contribution is 0.0222. The summed E-state index contributed by atoms with van der Waals surface area (Å²) >= 11 is 1.68. The van der Waals surface area contributed by atoms with Crippen molar-refractivity contribution >= 4 is 11.3 Å². The third-order valence-electron chi connectivity index (χ3n) is 1.72. The number of ether oxygens (including phenoxy) is 1. The predicted octanol–water partition coefficient (Wildman–Crippen LogP) is 2.33. The molecule has 0 N–H and O–H groups in total. The van der Waals surface area contributed by atoms with E-state index in [1.807, 2.05) is 27.0 Å². The Hall–Kier alpha value is -0.410. The van der Waals surface area contributed by atoms with E-state index in [9.17, 15) is 0 Å². The van der Waals surface area contributed by atoms with Crippen molar-refractivity contribution < 1.29 is 4.74 Å². The minimum absolute atomic E-state index is 0.189. The normalized spacial score (nSPS) is 12.0. The van der Waals surface area contributed by atoms with Crippen molar-refractivity contribution in [1.29, 1.82) is 0 Å². The summed E-state index contributed by atoms with van der Waals surface area (Å²) in [7, 11) is 1.72. The molecule has 0 spiro atoms. The van der Waals surface area contributed by atoms with E-state index >= 15 is 0 Å². The van der Waals surface area contributed by atoms with E-state index in [0.29, 0.717) is 0 Å². The lowest BCUT2D eigenvalue weighted by Gasteiger charge is -2.20. The average molecular weight is 171 g/mol. The van der Waals surface area contributed by atoms with Crippen molar-refractivity contribution in [2.75, 3.05) is 7.11 Å². The van der Waals surface area contributed by atoms with E-state index in [2.05, 4.69) is 4.98 Å². The monoisotopic (exact) mass is 171 g/mol. The van der Waals surface area contributed by atoms with Gasteiger partial charge in [0.2, 0.25) is 0 Å². The maximum Gasteiger partial charge on any atom is 0.0979 e. The fourth-order valence-corrected chi connectivity index (χ4v) is 1.60. The molecule has 0 aliphatic rings. The number of nitrogens with zero attached hydrogens (tertiary/aromatic N) is 1. The topological polar surface area (TPSA) is 22.1 Å². The molecule has 0 aromatic carbocycles. The van der Waals surface area contributed by atoms with E-state index in [0.717, 1.165) is 5.01 Å². The Bertz CT molecular complexity index is 242. The number of hydrogen-bond donors (Lipinski definition) is 0. The second kappa shape index (κ2) is 2.91. The summed E-state index contributed by atoms with van der Waals surface area (Å²) < 4.78 is 5.31. The molecule has 0 atom stereocenters. The molecule has 1 aromatic rings. The number of thiazole rings is 1. The van der Waals surface area contributed by atoms with Crippen LogP contribution >= 0.6 is 11.3 Å². The van der Waals surface area contributed by atoms with Crippen LogP contribution in [0.25, 0.3) is 0 Å². The standard InChI is InChI=1S/C8H13NOS/c1-6-9-5-7(11-6)8(2,3)10-4/h5H,1-4H3. The first-order valence-corrected chi connectivity index (χ1v) is 4.36. The minimum atomic E-state index is -0.189. The lowest BCUT2D eigenvalue weighted by Crippen LogP contribution is -2.17. The Labute approximate surface area is 71.2 Å². The van der Waals surface area contributed by atoms with Gasteiger partial charge in [0.15, 0.2) is 0 Å².